The van der Waals surface area contributed by atoms with Gasteiger partial charge in [-0.3, -0.25) is 9.36 Å². The molecule has 3 aromatic rings. The molecular formula is C21H20N2O3S3. The zero-order chi connectivity index (χ0) is 20.4. The first-order chi connectivity index (χ1) is 14.1. The molecule has 0 radical (unpaired) electrons. The van der Waals surface area contributed by atoms with Crippen molar-refractivity contribution in [3.8, 4) is 0 Å². The van der Waals surface area contributed by atoms with Gasteiger partial charge in [-0.2, -0.15) is 0 Å². The van der Waals surface area contributed by atoms with Crippen LogP contribution in [0.25, 0.3) is 6.08 Å². The molecule has 3 aromatic heterocycles. The summed E-state index contributed by atoms with van der Waals surface area (Å²) in [6, 6.07) is 7.33. The average molecular weight is 445 g/mol. The molecule has 0 aromatic carbocycles. The van der Waals surface area contributed by atoms with Crippen LogP contribution in [0.15, 0.2) is 56.1 Å². The van der Waals surface area contributed by atoms with Crippen molar-refractivity contribution in [2.45, 2.75) is 32.7 Å². The maximum Gasteiger partial charge on any atom is 0.338 e. The minimum atomic E-state index is -0.502. The summed E-state index contributed by atoms with van der Waals surface area (Å²) in [4.78, 5) is 33.6. The maximum atomic E-state index is 13.4. The Hall–Kier alpha value is -2.29. The lowest BCUT2D eigenvalue weighted by atomic mass is 9.99. The quantitative estimate of drug-likeness (QED) is 0.545. The van der Waals surface area contributed by atoms with Gasteiger partial charge in [0.05, 0.1) is 22.4 Å². The predicted molar refractivity (Wildman–Crippen MR) is 118 cm³/mol. The van der Waals surface area contributed by atoms with Gasteiger partial charge in [0, 0.05) is 9.75 Å². The van der Waals surface area contributed by atoms with Crippen molar-refractivity contribution in [2.75, 3.05) is 6.61 Å². The molecule has 4 rings (SSSR count). The van der Waals surface area contributed by atoms with Gasteiger partial charge in [0.25, 0.3) is 5.56 Å². The van der Waals surface area contributed by atoms with Crippen LogP contribution in [0.4, 0.5) is 0 Å². The second kappa shape index (κ2) is 8.61. The van der Waals surface area contributed by atoms with Crippen molar-refractivity contribution < 1.29 is 9.53 Å². The molecule has 0 N–H and O–H groups in total. The Morgan fingerprint density at radius 3 is 2.69 bits per heavy atom. The van der Waals surface area contributed by atoms with Gasteiger partial charge in [-0.25, -0.2) is 9.79 Å². The fourth-order valence-electron chi connectivity index (χ4n) is 3.34. The lowest BCUT2D eigenvalue weighted by molar-refractivity contribution is -0.139. The summed E-state index contributed by atoms with van der Waals surface area (Å²) in [6.07, 6.45) is 3.41. The number of thiazole rings is 1. The number of carbonyl (C=O) groups is 1. The number of fused-ring (bicyclic) bond motifs is 1. The molecule has 0 spiro atoms. The Morgan fingerprint density at radius 1 is 1.24 bits per heavy atom. The van der Waals surface area contributed by atoms with Crippen LogP contribution in [0.3, 0.4) is 0 Å². The molecule has 0 saturated heterocycles. The third kappa shape index (κ3) is 3.80. The largest absolute Gasteiger partial charge is 0.463 e. The zero-order valence-electron chi connectivity index (χ0n) is 16.1. The van der Waals surface area contributed by atoms with E-state index in [4.69, 9.17) is 9.73 Å². The lowest BCUT2D eigenvalue weighted by Crippen LogP contribution is -2.39. The predicted octanol–water partition coefficient (Wildman–Crippen LogP) is 3.70. The monoisotopic (exact) mass is 444 g/mol. The summed E-state index contributed by atoms with van der Waals surface area (Å²) < 4.78 is 7.64. The van der Waals surface area contributed by atoms with Crippen LogP contribution >= 0.6 is 34.0 Å². The van der Waals surface area contributed by atoms with Crippen molar-refractivity contribution in [3.05, 3.63) is 75.7 Å². The Bertz CT molecular complexity index is 1220. The molecule has 1 aliphatic rings. The van der Waals surface area contributed by atoms with Crippen LogP contribution in [-0.2, 0) is 9.53 Å². The normalized spacial score (nSPS) is 16.6. The second-order valence-electron chi connectivity index (χ2n) is 6.44. The van der Waals surface area contributed by atoms with Crippen molar-refractivity contribution in [2.24, 2.45) is 4.99 Å². The van der Waals surface area contributed by atoms with E-state index in [0.29, 0.717) is 27.0 Å². The third-order valence-electron chi connectivity index (χ3n) is 4.52. The molecule has 8 heteroatoms. The summed E-state index contributed by atoms with van der Waals surface area (Å²) in [7, 11) is 0. The average Bonchev–Trinajstić information content (AvgIpc) is 3.45. The highest BCUT2D eigenvalue weighted by Crippen LogP contribution is 2.34. The van der Waals surface area contributed by atoms with Crippen LogP contribution in [0, 0.1) is 0 Å². The molecule has 0 aliphatic carbocycles. The molecule has 1 atom stereocenters. The lowest BCUT2D eigenvalue weighted by Gasteiger charge is -2.24. The van der Waals surface area contributed by atoms with E-state index in [9.17, 15) is 9.59 Å². The topological polar surface area (TPSA) is 60.7 Å². The number of aromatic nitrogens is 1. The fourth-order valence-corrected chi connectivity index (χ4v) is 5.91. The maximum absolute atomic E-state index is 13.4. The number of hydrogen-bond donors (Lipinski definition) is 0. The highest BCUT2D eigenvalue weighted by atomic mass is 32.1. The molecule has 1 unspecified atom stereocenters. The van der Waals surface area contributed by atoms with Gasteiger partial charge in [0.2, 0.25) is 0 Å². The van der Waals surface area contributed by atoms with Crippen LogP contribution in [-0.4, -0.2) is 17.1 Å². The number of hydrogen-bond acceptors (Lipinski definition) is 7. The Morgan fingerprint density at radius 2 is 2.03 bits per heavy atom. The van der Waals surface area contributed by atoms with E-state index in [0.717, 1.165) is 16.2 Å². The van der Waals surface area contributed by atoms with Crippen molar-refractivity contribution in [3.63, 3.8) is 0 Å². The van der Waals surface area contributed by atoms with Gasteiger partial charge in [-0.05, 0) is 42.3 Å². The van der Waals surface area contributed by atoms with Crippen molar-refractivity contribution in [1.82, 2.24) is 4.57 Å². The van der Waals surface area contributed by atoms with Gasteiger partial charge in [0.15, 0.2) is 4.80 Å². The number of esters is 1. The van der Waals surface area contributed by atoms with E-state index in [2.05, 4.69) is 6.92 Å². The molecule has 0 fully saturated rings. The standard InChI is InChI=1S/C21H20N2O3S3/c1-3-7-14-17(20(25)26-4-2)18(15-9-6-11-28-15)23-19(24)16(29-21(23)22-14)12-13-8-5-10-27-13/h5-6,8-12,18H,3-4,7H2,1-2H3/b16-12-. The van der Waals surface area contributed by atoms with E-state index in [1.54, 1.807) is 22.8 Å². The summed E-state index contributed by atoms with van der Waals surface area (Å²) in [5.74, 6) is -0.398. The summed E-state index contributed by atoms with van der Waals surface area (Å²) in [5.41, 5.74) is 1.07. The number of carbonyl (C=O) groups excluding carboxylic acids is 1. The highest BCUT2D eigenvalue weighted by molar-refractivity contribution is 7.11. The molecule has 4 heterocycles. The number of nitrogens with zero attached hydrogens (tertiary/aromatic N) is 2. The minimum absolute atomic E-state index is 0.127. The summed E-state index contributed by atoms with van der Waals surface area (Å²) in [6.45, 7) is 4.12. The highest BCUT2D eigenvalue weighted by Gasteiger charge is 2.34. The number of allylic oxidation sites excluding steroid dienone is 1. The molecule has 150 valence electrons. The smallest absolute Gasteiger partial charge is 0.338 e. The van der Waals surface area contributed by atoms with E-state index < -0.39 is 12.0 Å². The van der Waals surface area contributed by atoms with Gasteiger partial charge in [0.1, 0.15) is 6.04 Å². The van der Waals surface area contributed by atoms with Crippen molar-refractivity contribution >= 4 is 46.1 Å². The molecule has 5 nitrogen and oxygen atoms in total. The summed E-state index contributed by atoms with van der Waals surface area (Å²) >= 11 is 4.48. The van der Waals surface area contributed by atoms with E-state index in [-0.39, 0.29) is 12.2 Å². The molecule has 1 aliphatic heterocycles. The van der Waals surface area contributed by atoms with E-state index in [1.807, 2.05) is 41.1 Å². The third-order valence-corrected chi connectivity index (χ3v) is 7.25. The first-order valence-corrected chi connectivity index (χ1v) is 12.0. The van der Waals surface area contributed by atoms with Crippen LogP contribution < -0.4 is 14.9 Å². The first kappa shape index (κ1) is 20.0. The number of ether oxygens (including phenoxy) is 1. The first-order valence-electron chi connectivity index (χ1n) is 9.42. The Labute approximate surface area is 179 Å². The SMILES string of the molecule is CCCC1=C(C(=O)OCC)C(c2cccs2)n2c(s/c(=C\c3cccs3)c2=O)=N1. The molecule has 0 amide bonds. The fraction of sp³-hybridized carbons (Fsp3) is 0.286. The second-order valence-corrected chi connectivity index (χ2v) is 9.41. The van der Waals surface area contributed by atoms with Gasteiger partial charge in [-0.15, -0.1) is 22.7 Å². The minimum Gasteiger partial charge on any atom is -0.463 e. The van der Waals surface area contributed by atoms with E-state index >= 15 is 0 Å². The molecule has 0 bridgehead atoms. The van der Waals surface area contributed by atoms with E-state index in [1.165, 1.54) is 22.7 Å². The van der Waals surface area contributed by atoms with Crippen LogP contribution in [0.1, 0.15) is 42.5 Å². The van der Waals surface area contributed by atoms with Crippen molar-refractivity contribution in [1.29, 1.82) is 0 Å². The van der Waals surface area contributed by atoms with Gasteiger partial charge in [-0.1, -0.05) is 36.8 Å². The number of thiophene rings is 2. The molecule has 29 heavy (non-hydrogen) atoms. The van der Waals surface area contributed by atoms with Gasteiger partial charge >= 0.3 is 5.97 Å². The molecule has 0 saturated carbocycles. The Kier molecular flexibility index (Phi) is 5.94. The zero-order valence-corrected chi connectivity index (χ0v) is 18.5. The van der Waals surface area contributed by atoms with Crippen LogP contribution in [0.2, 0.25) is 0 Å². The van der Waals surface area contributed by atoms with Gasteiger partial charge < -0.3 is 4.74 Å². The Balaban J connectivity index is 1.99. The molecular weight excluding hydrogens is 424 g/mol. The van der Waals surface area contributed by atoms with Crippen LogP contribution in [0.5, 0.6) is 0 Å². The number of rotatable bonds is 6. The summed E-state index contributed by atoms with van der Waals surface area (Å²) in [5, 5.41) is 3.94.